The molecule has 0 atom stereocenters. The minimum atomic E-state index is -1.53. The molecular formula is C8H10BN3O2. The lowest BCUT2D eigenvalue weighted by atomic mass is 9.85. The van der Waals surface area contributed by atoms with E-state index < -0.39 is 7.12 Å². The molecule has 6 heteroatoms. The molecule has 14 heavy (non-hydrogen) atoms. The van der Waals surface area contributed by atoms with Gasteiger partial charge in [-0.15, -0.1) is 0 Å². The van der Waals surface area contributed by atoms with Gasteiger partial charge in [0.1, 0.15) is 11.0 Å². The Morgan fingerprint density at radius 1 is 1.36 bits per heavy atom. The van der Waals surface area contributed by atoms with Crippen LogP contribution in [-0.4, -0.2) is 31.9 Å². The minimum Gasteiger partial charge on any atom is -0.422 e. The molecule has 0 spiro atoms. The summed E-state index contributed by atoms with van der Waals surface area (Å²) in [4.78, 5) is 4.11. The van der Waals surface area contributed by atoms with Crippen molar-refractivity contribution < 1.29 is 10.0 Å². The van der Waals surface area contributed by atoms with Gasteiger partial charge in [-0.1, -0.05) is 0 Å². The van der Waals surface area contributed by atoms with E-state index >= 15 is 0 Å². The number of nitrogens with zero attached hydrogens (tertiary/aromatic N) is 3. The fraction of sp³-hybridized carbons (Fsp3) is 0.250. The van der Waals surface area contributed by atoms with Gasteiger partial charge in [-0.25, -0.2) is 0 Å². The highest BCUT2D eigenvalue weighted by Gasteiger charge is 2.15. The maximum atomic E-state index is 8.95. The normalized spacial score (nSPS) is 10.9. The van der Waals surface area contributed by atoms with Gasteiger partial charge < -0.3 is 10.0 Å². The predicted octanol–water partition coefficient (Wildman–Crippen LogP) is -1.04. The molecule has 0 radical (unpaired) electrons. The minimum absolute atomic E-state index is 0.244. The molecule has 5 nitrogen and oxygen atoms in total. The van der Waals surface area contributed by atoms with E-state index in [-0.39, 0.29) is 5.59 Å². The Morgan fingerprint density at radius 2 is 2.07 bits per heavy atom. The Morgan fingerprint density at radius 3 is 2.71 bits per heavy atom. The number of hydrogen-bond donors (Lipinski definition) is 2. The van der Waals surface area contributed by atoms with Crippen LogP contribution in [0.25, 0.3) is 11.0 Å². The van der Waals surface area contributed by atoms with Crippen molar-refractivity contribution in [1.29, 1.82) is 0 Å². The van der Waals surface area contributed by atoms with Crippen LogP contribution < -0.4 is 5.59 Å². The second-order valence-electron chi connectivity index (χ2n) is 3.19. The number of hydrogen-bond acceptors (Lipinski definition) is 4. The number of aromatic nitrogens is 3. The predicted molar refractivity (Wildman–Crippen MR) is 53.1 cm³/mol. The molecule has 0 fully saturated rings. The number of rotatable bonds is 1. The van der Waals surface area contributed by atoms with Crippen LogP contribution in [0.3, 0.4) is 0 Å². The van der Waals surface area contributed by atoms with Gasteiger partial charge in [-0.3, -0.25) is 9.67 Å². The zero-order valence-corrected chi connectivity index (χ0v) is 7.97. The topological polar surface area (TPSA) is 71.2 Å². The fourth-order valence-electron chi connectivity index (χ4n) is 1.35. The van der Waals surface area contributed by atoms with Crippen molar-refractivity contribution in [3.05, 3.63) is 17.8 Å². The summed E-state index contributed by atoms with van der Waals surface area (Å²) >= 11 is 0. The molecule has 0 saturated heterocycles. The van der Waals surface area contributed by atoms with E-state index in [4.69, 9.17) is 10.0 Å². The largest absolute Gasteiger partial charge is 0.508 e. The molecule has 0 aliphatic heterocycles. The summed E-state index contributed by atoms with van der Waals surface area (Å²) in [6, 6.07) is 3.28. The maximum Gasteiger partial charge on any atom is 0.508 e. The number of pyridine rings is 1. The summed E-state index contributed by atoms with van der Waals surface area (Å²) < 4.78 is 1.71. The molecule has 2 rings (SSSR count). The highest BCUT2D eigenvalue weighted by atomic mass is 16.4. The molecule has 0 unspecified atom stereocenters. The molecule has 2 N–H and O–H groups in total. The van der Waals surface area contributed by atoms with Crippen LogP contribution in [0.1, 0.15) is 5.69 Å². The van der Waals surface area contributed by atoms with Gasteiger partial charge in [0, 0.05) is 7.05 Å². The smallest absolute Gasteiger partial charge is 0.422 e. The average molecular weight is 191 g/mol. The van der Waals surface area contributed by atoms with Crippen molar-refractivity contribution in [3.8, 4) is 0 Å². The van der Waals surface area contributed by atoms with Gasteiger partial charge in [0.25, 0.3) is 0 Å². The van der Waals surface area contributed by atoms with Gasteiger partial charge in [-0.2, -0.15) is 5.10 Å². The summed E-state index contributed by atoms with van der Waals surface area (Å²) in [5.41, 5.74) is 2.61. The Hall–Kier alpha value is -1.40. The van der Waals surface area contributed by atoms with E-state index in [1.165, 1.54) is 0 Å². The van der Waals surface area contributed by atoms with Crippen LogP contribution in [0.4, 0.5) is 0 Å². The summed E-state index contributed by atoms with van der Waals surface area (Å²) in [7, 11) is 0.297. The van der Waals surface area contributed by atoms with Crippen molar-refractivity contribution in [2.24, 2.45) is 7.05 Å². The van der Waals surface area contributed by atoms with Crippen molar-refractivity contribution in [2.75, 3.05) is 0 Å². The van der Waals surface area contributed by atoms with Crippen molar-refractivity contribution in [3.63, 3.8) is 0 Å². The van der Waals surface area contributed by atoms with Crippen molar-refractivity contribution in [1.82, 2.24) is 14.8 Å². The van der Waals surface area contributed by atoms with Gasteiger partial charge >= 0.3 is 7.12 Å². The Balaban J connectivity index is 2.69. The second kappa shape index (κ2) is 3.07. The summed E-state index contributed by atoms with van der Waals surface area (Å²) in [6.45, 7) is 1.88. The number of fused-ring (bicyclic) bond motifs is 1. The molecule has 0 aromatic carbocycles. The third kappa shape index (κ3) is 1.28. The summed E-state index contributed by atoms with van der Waals surface area (Å²) in [5, 5.41) is 22.1. The molecule has 2 heterocycles. The first-order valence-corrected chi connectivity index (χ1v) is 4.26. The highest BCUT2D eigenvalue weighted by Crippen LogP contribution is 2.11. The van der Waals surface area contributed by atoms with Gasteiger partial charge in [0.2, 0.25) is 0 Å². The molecule has 0 amide bonds. The standard InChI is InChI=1S/C8H10BN3O2/c1-5-8-6(11-12(5)2)3-4-7(10-8)9(13)14/h3-4,13-14H,1-2H3. The van der Waals surface area contributed by atoms with E-state index in [0.29, 0.717) is 5.52 Å². The molecule has 2 aromatic rings. The van der Waals surface area contributed by atoms with Crippen LogP contribution in [0.2, 0.25) is 0 Å². The lowest BCUT2D eigenvalue weighted by Gasteiger charge is -1.97. The summed E-state index contributed by atoms with van der Waals surface area (Å²) in [6.07, 6.45) is 0. The zero-order chi connectivity index (χ0) is 10.3. The van der Waals surface area contributed by atoms with E-state index in [0.717, 1.165) is 11.2 Å². The number of aryl methyl sites for hydroxylation is 2. The van der Waals surface area contributed by atoms with Gasteiger partial charge in [0.15, 0.2) is 0 Å². The van der Waals surface area contributed by atoms with Gasteiger partial charge in [-0.05, 0) is 19.1 Å². The van der Waals surface area contributed by atoms with Crippen LogP contribution in [0.15, 0.2) is 12.1 Å². The van der Waals surface area contributed by atoms with Crippen LogP contribution in [0.5, 0.6) is 0 Å². The molecule has 0 bridgehead atoms. The Kier molecular flexibility index (Phi) is 2.01. The molecule has 0 saturated carbocycles. The van der Waals surface area contributed by atoms with Gasteiger partial charge in [0.05, 0.1) is 11.3 Å². The zero-order valence-electron chi connectivity index (χ0n) is 7.97. The third-order valence-electron chi connectivity index (χ3n) is 2.25. The quantitative estimate of drug-likeness (QED) is 0.564. The lowest BCUT2D eigenvalue weighted by Crippen LogP contribution is -2.32. The van der Waals surface area contributed by atoms with Crippen LogP contribution in [0, 0.1) is 6.92 Å². The molecule has 72 valence electrons. The Bertz CT molecular complexity index is 481. The Labute approximate surface area is 81.2 Å². The van der Waals surface area contributed by atoms with Crippen LogP contribution in [-0.2, 0) is 7.05 Å². The monoisotopic (exact) mass is 191 g/mol. The SMILES string of the molecule is Cc1c2nc(B(O)O)ccc2nn1C. The second-order valence-corrected chi connectivity index (χ2v) is 3.19. The van der Waals surface area contributed by atoms with E-state index in [2.05, 4.69) is 10.1 Å². The molecule has 0 aliphatic carbocycles. The van der Waals surface area contributed by atoms with E-state index in [9.17, 15) is 0 Å². The highest BCUT2D eigenvalue weighted by molar-refractivity contribution is 6.57. The average Bonchev–Trinajstić information content (AvgIpc) is 2.43. The first-order valence-electron chi connectivity index (χ1n) is 4.26. The third-order valence-corrected chi connectivity index (χ3v) is 2.25. The van der Waals surface area contributed by atoms with Crippen LogP contribution >= 0.6 is 0 Å². The molecular weight excluding hydrogens is 181 g/mol. The van der Waals surface area contributed by atoms with Crippen molar-refractivity contribution in [2.45, 2.75) is 6.92 Å². The van der Waals surface area contributed by atoms with Crippen molar-refractivity contribution >= 4 is 23.7 Å². The lowest BCUT2D eigenvalue weighted by molar-refractivity contribution is 0.424. The molecule has 0 aliphatic rings. The first kappa shape index (κ1) is 9.17. The summed E-state index contributed by atoms with van der Waals surface area (Å²) in [5.74, 6) is 0. The molecule has 2 aromatic heterocycles. The fourth-order valence-corrected chi connectivity index (χ4v) is 1.35. The van der Waals surface area contributed by atoms with E-state index in [1.54, 1.807) is 16.8 Å². The first-order chi connectivity index (χ1) is 6.59. The maximum absolute atomic E-state index is 8.95. The van der Waals surface area contributed by atoms with E-state index in [1.807, 2.05) is 14.0 Å².